The normalized spacial score (nSPS) is 10.7. The van der Waals surface area contributed by atoms with Crippen LogP contribution < -0.4 is 5.32 Å². The highest BCUT2D eigenvalue weighted by atomic mass is 35.5. The predicted octanol–water partition coefficient (Wildman–Crippen LogP) is 4.11. The summed E-state index contributed by atoms with van der Waals surface area (Å²) >= 11 is 6.32. The molecule has 0 atom stereocenters. The Morgan fingerprint density at radius 1 is 1.19 bits per heavy atom. The number of hydrogen-bond donors (Lipinski definition) is 1. The van der Waals surface area contributed by atoms with Gasteiger partial charge in [-0.2, -0.15) is 5.10 Å². The van der Waals surface area contributed by atoms with Crippen LogP contribution in [0.3, 0.4) is 0 Å². The van der Waals surface area contributed by atoms with Crippen LogP contribution in [-0.4, -0.2) is 20.7 Å². The Morgan fingerprint density at radius 3 is 2.62 bits per heavy atom. The van der Waals surface area contributed by atoms with Crippen LogP contribution in [0.4, 0.5) is 0 Å². The first-order chi connectivity index (χ1) is 12.6. The second-order valence-corrected chi connectivity index (χ2v) is 6.47. The van der Waals surface area contributed by atoms with Crippen LogP contribution in [0.15, 0.2) is 48.8 Å². The summed E-state index contributed by atoms with van der Waals surface area (Å²) in [6.45, 7) is 4.42. The Bertz CT molecular complexity index is 905. The molecule has 5 nitrogen and oxygen atoms in total. The number of para-hydroxylation sites is 1. The van der Waals surface area contributed by atoms with E-state index < -0.39 is 0 Å². The van der Waals surface area contributed by atoms with Crippen LogP contribution in [-0.2, 0) is 13.0 Å². The smallest absolute Gasteiger partial charge is 0.255 e. The van der Waals surface area contributed by atoms with Crippen LogP contribution in [0.5, 0.6) is 0 Å². The molecule has 6 heteroatoms. The maximum Gasteiger partial charge on any atom is 0.255 e. The van der Waals surface area contributed by atoms with E-state index in [1.807, 2.05) is 43.3 Å². The summed E-state index contributed by atoms with van der Waals surface area (Å²) in [5, 5.41) is 8.25. The quantitative estimate of drug-likeness (QED) is 0.712. The van der Waals surface area contributed by atoms with Gasteiger partial charge in [0.2, 0.25) is 0 Å². The molecule has 1 aromatic carbocycles. The fraction of sp³-hybridized carbons (Fsp3) is 0.250. The molecule has 1 amide bonds. The molecule has 0 radical (unpaired) electrons. The third-order valence-corrected chi connectivity index (χ3v) is 4.51. The predicted molar refractivity (Wildman–Crippen MR) is 103 cm³/mol. The van der Waals surface area contributed by atoms with Crippen molar-refractivity contribution in [2.24, 2.45) is 0 Å². The summed E-state index contributed by atoms with van der Waals surface area (Å²) in [5.74, 6) is -0.124. The molecule has 134 valence electrons. The summed E-state index contributed by atoms with van der Waals surface area (Å²) in [6, 6.07) is 11.3. The van der Waals surface area contributed by atoms with Crippen molar-refractivity contribution in [3.63, 3.8) is 0 Å². The first kappa shape index (κ1) is 18.1. The summed E-state index contributed by atoms with van der Waals surface area (Å²) < 4.78 is 1.76. The Balaban J connectivity index is 1.92. The van der Waals surface area contributed by atoms with Crippen molar-refractivity contribution in [2.45, 2.75) is 33.2 Å². The van der Waals surface area contributed by atoms with E-state index in [1.165, 1.54) is 0 Å². The highest BCUT2D eigenvalue weighted by molar-refractivity contribution is 6.32. The molecule has 0 saturated heterocycles. The fourth-order valence-corrected chi connectivity index (χ4v) is 3.11. The van der Waals surface area contributed by atoms with Gasteiger partial charge >= 0.3 is 0 Å². The average Bonchev–Trinajstić information content (AvgIpc) is 2.97. The standard InChI is InChI=1S/C20H21ClN4O/c1-3-6-17-19(20(26)23-13-15-9-11-22-12-10-15)14(2)25(24-17)18-8-5-4-7-16(18)21/h4-5,7-12H,3,6,13H2,1-2H3,(H,23,26). The number of nitrogens with zero attached hydrogens (tertiary/aromatic N) is 3. The third-order valence-electron chi connectivity index (χ3n) is 4.19. The van der Waals surface area contributed by atoms with Gasteiger partial charge in [0.05, 0.1) is 27.7 Å². The highest BCUT2D eigenvalue weighted by Crippen LogP contribution is 2.24. The second-order valence-electron chi connectivity index (χ2n) is 6.06. The number of pyridine rings is 1. The average molecular weight is 369 g/mol. The second kappa shape index (κ2) is 8.15. The minimum absolute atomic E-state index is 0.124. The largest absolute Gasteiger partial charge is 0.348 e. The van der Waals surface area contributed by atoms with Crippen LogP contribution in [0.2, 0.25) is 5.02 Å². The fourth-order valence-electron chi connectivity index (χ4n) is 2.90. The molecule has 2 heterocycles. The van der Waals surface area contributed by atoms with Crippen molar-refractivity contribution in [3.8, 4) is 5.69 Å². The van der Waals surface area contributed by atoms with Crippen molar-refractivity contribution in [3.05, 3.63) is 76.3 Å². The number of nitrogens with one attached hydrogen (secondary N) is 1. The molecule has 26 heavy (non-hydrogen) atoms. The van der Waals surface area contributed by atoms with Gasteiger partial charge in [-0.05, 0) is 43.2 Å². The molecule has 3 aromatic rings. The van der Waals surface area contributed by atoms with Crippen molar-refractivity contribution >= 4 is 17.5 Å². The number of hydrogen-bond acceptors (Lipinski definition) is 3. The molecule has 0 bridgehead atoms. The van der Waals surface area contributed by atoms with Gasteiger partial charge < -0.3 is 5.32 Å². The zero-order valence-electron chi connectivity index (χ0n) is 14.9. The number of amides is 1. The van der Waals surface area contributed by atoms with E-state index in [0.29, 0.717) is 17.1 Å². The summed E-state index contributed by atoms with van der Waals surface area (Å²) in [5.41, 5.74) is 3.98. The Hall–Kier alpha value is -2.66. The topological polar surface area (TPSA) is 59.8 Å². The Labute approximate surface area is 158 Å². The minimum atomic E-state index is -0.124. The van der Waals surface area contributed by atoms with Crippen LogP contribution in [0.1, 0.15) is 40.7 Å². The van der Waals surface area contributed by atoms with Crippen molar-refractivity contribution in [1.29, 1.82) is 0 Å². The van der Waals surface area contributed by atoms with E-state index >= 15 is 0 Å². The lowest BCUT2D eigenvalue weighted by Crippen LogP contribution is -2.24. The number of rotatable bonds is 6. The molecule has 1 N–H and O–H groups in total. The van der Waals surface area contributed by atoms with Gasteiger partial charge in [0.15, 0.2) is 0 Å². The van der Waals surface area contributed by atoms with E-state index in [4.69, 9.17) is 11.6 Å². The van der Waals surface area contributed by atoms with E-state index in [2.05, 4.69) is 22.3 Å². The SMILES string of the molecule is CCCc1nn(-c2ccccc2Cl)c(C)c1C(=O)NCc1ccncc1. The molecule has 2 aromatic heterocycles. The van der Waals surface area contributed by atoms with E-state index in [1.54, 1.807) is 17.1 Å². The third kappa shape index (κ3) is 3.78. The molecule has 0 fully saturated rings. The van der Waals surface area contributed by atoms with Gasteiger partial charge in [-0.3, -0.25) is 9.78 Å². The van der Waals surface area contributed by atoms with Crippen molar-refractivity contribution in [1.82, 2.24) is 20.1 Å². The number of carbonyl (C=O) groups excluding carboxylic acids is 1. The van der Waals surface area contributed by atoms with E-state index in [9.17, 15) is 4.79 Å². The van der Waals surface area contributed by atoms with Gasteiger partial charge in [-0.1, -0.05) is 37.1 Å². The highest BCUT2D eigenvalue weighted by Gasteiger charge is 2.22. The van der Waals surface area contributed by atoms with E-state index in [0.717, 1.165) is 35.5 Å². The maximum absolute atomic E-state index is 12.9. The maximum atomic E-state index is 12.9. The first-order valence-electron chi connectivity index (χ1n) is 8.62. The van der Waals surface area contributed by atoms with Gasteiger partial charge in [0, 0.05) is 18.9 Å². The molecular weight excluding hydrogens is 348 g/mol. The number of halogens is 1. The van der Waals surface area contributed by atoms with Crippen LogP contribution in [0.25, 0.3) is 5.69 Å². The summed E-state index contributed by atoms with van der Waals surface area (Å²) in [7, 11) is 0. The minimum Gasteiger partial charge on any atom is -0.348 e. The Morgan fingerprint density at radius 2 is 1.92 bits per heavy atom. The van der Waals surface area contributed by atoms with Crippen LogP contribution >= 0.6 is 11.6 Å². The number of aryl methyl sites for hydroxylation is 1. The molecule has 0 aliphatic heterocycles. The summed E-state index contributed by atoms with van der Waals surface area (Å²) in [4.78, 5) is 16.8. The van der Waals surface area contributed by atoms with E-state index in [-0.39, 0.29) is 5.91 Å². The molecule has 0 unspecified atom stereocenters. The number of carbonyl (C=O) groups is 1. The number of aromatic nitrogens is 3. The lowest BCUT2D eigenvalue weighted by atomic mass is 10.1. The van der Waals surface area contributed by atoms with Crippen molar-refractivity contribution < 1.29 is 4.79 Å². The lowest BCUT2D eigenvalue weighted by molar-refractivity contribution is 0.0949. The number of benzene rings is 1. The monoisotopic (exact) mass is 368 g/mol. The van der Waals surface area contributed by atoms with Gasteiger partial charge in [-0.15, -0.1) is 0 Å². The van der Waals surface area contributed by atoms with Gasteiger partial charge in [0.1, 0.15) is 0 Å². The van der Waals surface area contributed by atoms with Crippen LogP contribution in [0, 0.1) is 6.92 Å². The molecule has 0 spiro atoms. The molecule has 0 aliphatic rings. The van der Waals surface area contributed by atoms with Crippen molar-refractivity contribution in [2.75, 3.05) is 0 Å². The molecule has 3 rings (SSSR count). The molecule has 0 saturated carbocycles. The zero-order valence-corrected chi connectivity index (χ0v) is 15.6. The van der Waals surface area contributed by atoms with Gasteiger partial charge in [-0.25, -0.2) is 4.68 Å². The lowest BCUT2D eigenvalue weighted by Gasteiger charge is -2.08. The molecular formula is C20H21ClN4O. The first-order valence-corrected chi connectivity index (χ1v) is 9.00. The summed E-state index contributed by atoms with van der Waals surface area (Å²) in [6.07, 6.45) is 5.06. The zero-order chi connectivity index (χ0) is 18.5. The Kier molecular flexibility index (Phi) is 5.68. The molecule has 0 aliphatic carbocycles. The van der Waals surface area contributed by atoms with Gasteiger partial charge in [0.25, 0.3) is 5.91 Å².